The summed E-state index contributed by atoms with van der Waals surface area (Å²) in [4.78, 5) is 14.8. The number of aromatic carboxylic acids is 1. The van der Waals surface area contributed by atoms with Gasteiger partial charge < -0.3 is 10.2 Å². The Morgan fingerprint density at radius 1 is 1.25 bits per heavy atom. The van der Waals surface area contributed by atoms with Crippen molar-refractivity contribution in [2.45, 2.75) is 0 Å². The molecule has 2 rings (SSSR count). The van der Waals surface area contributed by atoms with Crippen molar-refractivity contribution in [2.75, 3.05) is 0 Å². The maximum Gasteiger partial charge on any atom is 0.335 e. The minimum absolute atomic E-state index is 0.0291. The third kappa shape index (κ3) is 3.13. The molecule has 102 valence electrons. The first kappa shape index (κ1) is 14.0. The van der Waals surface area contributed by atoms with Crippen LogP contribution in [-0.4, -0.2) is 22.4 Å². The summed E-state index contributed by atoms with van der Waals surface area (Å²) in [5, 5.41) is 18.4. The zero-order valence-corrected chi connectivity index (χ0v) is 10.8. The van der Waals surface area contributed by atoms with Gasteiger partial charge in [-0.3, -0.25) is 4.99 Å². The number of carbonyl (C=O) groups is 1. The van der Waals surface area contributed by atoms with Crippen LogP contribution in [0.4, 0.5) is 10.1 Å². The Kier molecular flexibility index (Phi) is 4.00. The second-order valence-electron chi connectivity index (χ2n) is 3.94. The molecule has 20 heavy (non-hydrogen) atoms. The Hall–Kier alpha value is -2.40. The zero-order valence-electron chi connectivity index (χ0n) is 10.0. The van der Waals surface area contributed by atoms with E-state index in [-0.39, 0.29) is 21.9 Å². The number of phenols is 1. The Morgan fingerprint density at radius 2 is 2.00 bits per heavy atom. The molecule has 2 aromatic rings. The number of halogens is 2. The highest BCUT2D eigenvalue weighted by molar-refractivity contribution is 6.31. The Balaban J connectivity index is 2.33. The van der Waals surface area contributed by atoms with Gasteiger partial charge in [-0.05, 0) is 36.4 Å². The highest BCUT2D eigenvalue weighted by Crippen LogP contribution is 2.22. The predicted molar refractivity (Wildman–Crippen MR) is 73.7 cm³/mol. The van der Waals surface area contributed by atoms with E-state index < -0.39 is 11.8 Å². The molecule has 0 aliphatic carbocycles. The number of benzene rings is 2. The summed E-state index contributed by atoms with van der Waals surface area (Å²) in [6.45, 7) is 0. The first-order valence-electron chi connectivity index (χ1n) is 5.53. The molecule has 0 spiro atoms. The summed E-state index contributed by atoms with van der Waals surface area (Å²) in [5.74, 6) is -1.77. The third-order valence-corrected chi connectivity index (χ3v) is 2.82. The predicted octanol–water partition coefficient (Wildman–Crippen LogP) is 3.63. The molecule has 0 aliphatic heterocycles. The molecule has 0 bridgehead atoms. The molecule has 0 saturated heterocycles. The second-order valence-corrected chi connectivity index (χ2v) is 4.34. The van der Waals surface area contributed by atoms with Crippen molar-refractivity contribution in [2.24, 2.45) is 4.99 Å². The van der Waals surface area contributed by atoms with E-state index in [2.05, 4.69) is 4.99 Å². The summed E-state index contributed by atoms with van der Waals surface area (Å²) in [6, 6.07) is 7.74. The van der Waals surface area contributed by atoms with E-state index in [0.717, 1.165) is 0 Å². The summed E-state index contributed by atoms with van der Waals surface area (Å²) >= 11 is 5.62. The smallest absolute Gasteiger partial charge is 0.335 e. The van der Waals surface area contributed by atoms with E-state index >= 15 is 0 Å². The van der Waals surface area contributed by atoms with Gasteiger partial charge in [-0.2, -0.15) is 0 Å². The topological polar surface area (TPSA) is 69.9 Å². The maximum absolute atomic E-state index is 13.0. The van der Waals surface area contributed by atoms with E-state index in [9.17, 15) is 14.3 Å². The Morgan fingerprint density at radius 3 is 2.65 bits per heavy atom. The van der Waals surface area contributed by atoms with Gasteiger partial charge in [0.2, 0.25) is 0 Å². The highest BCUT2D eigenvalue weighted by atomic mass is 35.5. The minimum atomic E-state index is -1.11. The number of aromatic hydroxyl groups is 1. The summed E-state index contributed by atoms with van der Waals surface area (Å²) in [6.07, 6.45) is 1.28. The third-order valence-electron chi connectivity index (χ3n) is 2.53. The molecule has 0 aromatic heterocycles. The second kappa shape index (κ2) is 5.71. The fourth-order valence-corrected chi connectivity index (χ4v) is 1.68. The zero-order chi connectivity index (χ0) is 14.7. The molecule has 0 heterocycles. The molecule has 0 fully saturated rings. The van der Waals surface area contributed by atoms with Crippen molar-refractivity contribution in [1.82, 2.24) is 0 Å². The number of nitrogens with zero attached hydrogens (tertiary/aromatic N) is 1. The molecule has 0 radical (unpaired) electrons. The molecular formula is C14H9ClFNO3. The maximum atomic E-state index is 13.0. The molecule has 0 saturated carbocycles. The SMILES string of the molecule is O=C(O)c1ccc(O)c(C=Nc2ccc(F)c(Cl)c2)c1. The van der Waals surface area contributed by atoms with Crippen molar-refractivity contribution in [3.8, 4) is 5.75 Å². The first-order valence-corrected chi connectivity index (χ1v) is 5.90. The first-order chi connectivity index (χ1) is 9.47. The van der Waals surface area contributed by atoms with E-state index in [1.807, 2.05) is 0 Å². The lowest BCUT2D eigenvalue weighted by Crippen LogP contribution is -1.97. The number of rotatable bonds is 3. The summed E-state index contributed by atoms with van der Waals surface area (Å²) in [5.41, 5.74) is 0.656. The lowest BCUT2D eigenvalue weighted by Gasteiger charge is -2.01. The van der Waals surface area contributed by atoms with E-state index in [4.69, 9.17) is 16.7 Å². The Bertz CT molecular complexity index is 701. The van der Waals surface area contributed by atoms with Crippen LogP contribution in [0.1, 0.15) is 15.9 Å². The van der Waals surface area contributed by atoms with Gasteiger partial charge in [0.25, 0.3) is 0 Å². The normalized spacial score (nSPS) is 10.9. The molecular weight excluding hydrogens is 285 g/mol. The summed E-state index contributed by atoms with van der Waals surface area (Å²) in [7, 11) is 0. The van der Waals surface area contributed by atoms with Crippen molar-refractivity contribution >= 4 is 29.5 Å². The van der Waals surface area contributed by atoms with Gasteiger partial charge in [-0.25, -0.2) is 9.18 Å². The van der Waals surface area contributed by atoms with Crippen molar-refractivity contribution in [1.29, 1.82) is 0 Å². The molecule has 0 amide bonds. The van der Waals surface area contributed by atoms with E-state index in [0.29, 0.717) is 5.69 Å². The monoisotopic (exact) mass is 293 g/mol. The number of aliphatic imine (C=N–C) groups is 1. The number of carboxylic acids is 1. The Labute approximate surface area is 118 Å². The van der Waals surface area contributed by atoms with Gasteiger partial charge in [-0.1, -0.05) is 11.6 Å². The molecule has 2 N–H and O–H groups in total. The molecule has 0 aliphatic rings. The van der Waals surface area contributed by atoms with Crippen LogP contribution in [0.3, 0.4) is 0 Å². The van der Waals surface area contributed by atoms with Crippen LogP contribution >= 0.6 is 11.6 Å². The average molecular weight is 294 g/mol. The van der Waals surface area contributed by atoms with Crippen LogP contribution < -0.4 is 0 Å². The van der Waals surface area contributed by atoms with Crippen molar-refractivity contribution in [3.63, 3.8) is 0 Å². The quantitative estimate of drug-likeness (QED) is 0.849. The molecule has 0 unspecified atom stereocenters. The number of hydrogen-bond acceptors (Lipinski definition) is 3. The van der Waals surface area contributed by atoms with Gasteiger partial charge in [0, 0.05) is 11.8 Å². The van der Waals surface area contributed by atoms with Crippen LogP contribution in [0.2, 0.25) is 5.02 Å². The highest BCUT2D eigenvalue weighted by Gasteiger charge is 2.06. The van der Waals surface area contributed by atoms with Gasteiger partial charge in [0.15, 0.2) is 0 Å². The lowest BCUT2D eigenvalue weighted by molar-refractivity contribution is 0.0697. The average Bonchev–Trinajstić information content (AvgIpc) is 2.41. The number of hydrogen-bond donors (Lipinski definition) is 2. The standard InChI is InChI=1S/C14H9ClFNO3/c15-11-6-10(2-3-12(11)16)17-7-9-5-8(14(19)20)1-4-13(9)18/h1-7,18H,(H,19,20). The fourth-order valence-electron chi connectivity index (χ4n) is 1.50. The van der Waals surface area contributed by atoms with E-state index in [1.165, 1.54) is 42.6 Å². The van der Waals surface area contributed by atoms with Crippen LogP contribution in [0, 0.1) is 5.82 Å². The summed E-state index contributed by atoms with van der Waals surface area (Å²) < 4.78 is 13.0. The lowest BCUT2D eigenvalue weighted by atomic mass is 10.1. The molecule has 4 nitrogen and oxygen atoms in total. The minimum Gasteiger partial charge on any atom is -0.507 e. The number of carboxylic acid groups (broad SMARTS) is 1. The number of phenolic OH excluding ortho intramolecular Hbond substituents is 1. The van der Waals surface area contributed by atoms with Gasteiger partial charge in [-0.15, -0.1) is 0 Å². The van der Waals surface area contributed by atoms with Gasteiger partial charge in [0.05, 0.1) is 16.3 Å². The van der Waals surface area contributed by atoms with Gasteiger partial charge >= 0.3 is 5.97 Å². The van der Waals surface area contributed by atoms with Crippen molar-refractivity contribution < 1.29 is 19.4 Å². The van der Waals surface area contributed by atoms with Crippen LogP contribution in [0.5, 0.6) is 5.75 Å². The van der Waals surface area contributed by atoms with Crippen LogP contribution in [-0.2, 0) is 0 Å². The molecule has 2 aromatic carbocycles. The molecule has 0 atom stereocenters. The van der Waals surface area contributed by atoms with Crippen LogP contribution in [0.15, 0.2) is 41.4 Å². The largest absolute Gasteiger partial charge is 0.507 e. The van der Waals surface area contributed by atoms with Crippen molar-refractivity contribution in [3.05, 3.63) is 58.4 Å². The van der Waals surface area contributed by atoms with Crippen LogP contribution in [0.25, 0.3) is 0 Å². The van der Waals surface area contributed by atoms with E-state index in [1.54, 1.807) is 0 Å². The fraction of sp³-hybridized carbons (Fsp3) is 0. The molecule has 6 heteroatoms. The van der Waals surface area contributed by atoms with Gasteiger partial charge in [0.1, 0.15) is 11.6 Å².